The number of aromatic amines is 1. The van der Waals surface area contributed by atoms with Crippen LogP contribution >= 0.6 is 0 Å². The van der Waals surface area contributed by atoms with E-state index in [1.54, 1.807) is 26.4 Å². The maximum Gasteiger partial charge on any atom is 0.332 e. The second-order valence-corrected chi connectivity index (χ2v) is 13.5. The molecule has 44 heavy (non-hydrogen) atoms. The number of methoxy groups -OCH3 is 2. The van der Waals surface area contributed by atoms with E-state index in [0.717, 1.165) is 22.9 Å². The topological polar surface area (TPSA) is 137 Å². The highest BCUT2D eigenvalue weighted by molar-refractivity contribution is 7.88. The van der Waals surface area contributed by atoms with E-state index in [4.69, 9.17) is 14.0 Å². The van der Waals surface area contributed by atoms with Gasteiger partial charge in [0.25, 0.3) is 5.56 Å². The molecule has 0 aliphatic rings. The largest absolute Gasteiger partial charge is 0.497 e. The summed E-state index contributed by atoms with van der Waals surface area (Å²) in [5, 5.41) is 4.89. The lowest BCUT2D eigenvalue weighted by Gasteiger charge is -2.25. The van der Waals surface area contributed by atoms with E-state index < -0.39 is 21.3 Å². The highest BCUT2D eigenvalue weighted by Gasteiger charge is 2.25. The van der Waals surface area contributed by atoms with Crippen molar-refractivity contribution in [3.8, 4) is 28.3 Å². The lowest BCUT2D eigenvalue weighted by Crippen LogP contribution is -2.29. The van der Waals surface area contributed by atoms with Crippen LogP contribution in [-0.2, 0) is 28.5 Å². The molecule has 0 fully saturated rings. The third-order valence-electron chi connectivity index (χ3n) is 7.36. The number of H-pyrrole nitrogens is 1. The van der Waals surface area contributed by atoms with Gasteiger partial charge >= 0.3 is 5.69 Å². The summed E-state index contributed by atoms with van der Waals surface area (Å²) in [6, 6.07) is 17.7. The van der Waals surface area contributed by atoms with Gasteiger partial charge < -0.3 is 14.0 Å². The maximum absolute atomic E-state index is 12.7. The molecule has 0 amide bonds. The number of nitrogens with one attached hydrogen (secondary N) is 1. The second kappa shape index (κ2) is 11.8. The standard InChI is InChI=1S/C32H34N4O7S/c1-32(2,3)26-17-22(36-14-13-29(37)33-31(36)38)16-25(30(26)42-5)21-9-12-24-27(34-43-28(24)15-21)19-35(44(6,39)40)18-20-7-10-23(41-4)11-8-20/h7-17H,18-19H2,1-6H3,(H,33,37,38). The van der Waals surface area contributed by atoms with Crippen molar-refractivity contribution in [3.05, 3.63) is 105 Å². The molecule has 0 bridgehead atoms. The van der Waals surface area contributed by atoms with E-state index in [2.05, 4.69) is 10.1 Å². The fraction of sp³-hybridized carbons (Fsp3) is 0.281. The maximum atomic E-state index is 12.7. The smallest absolute Gasteiger partial charge is 0.332 e. The fourth-order valence-electron chi connectivity index (χ4n) is 5.03. The van der Waals surface area contributed by atoms with Gasteiger partial charge in [0.05, 0.1) is 32.7 Å². The number of hydrogen-bond donors (Lipinski definition) is 1. The third-order valence-corrected chi connectivity index (χ3v) is 8.55. The number of rotatable bonds is 9. The Labute approximate surface area is 254 Å². The monoisotopic (exact) mass is 618 g/mol. The molecule has 0 saturated heterocycles. The molecule has 3 aromatic carbocycles. The fourth-order valence-corrected chi connectivity index (χ4v) is 5.77. The first-order chi connectivity index (χ1) is 20.8. The molecule has 0 radical (unpaired) electrons. The van der Waals surface area contributed by atoms with Crippen LogP contribution in [0.5, 0.6) is 11.5 Å². The Hall–Kier alpha value is -4.68. The summed E-state index contributed by atoms with van der Waals surface area (Å²) in [6.45, 7) is 6.29. The second-order valence-electron chi connectivity index (χ2n) is 11.5. The molecule has 0 saturated carbocycles. The van der Waals surface area contributed by atoms with Crippen LogP contribution in [0.3, 0.4) is 0 Å². The molecule has 230 valence electrons. The summed E-state index contributed by atoms with van der Waals surface area (Å²) >= 11 is 0. The zero-order chi connectivity index (χ0) is 31.8. The zero-order valence-electron chi connectivity index (χ0n) is 25.4. The van der Waals surface area contributed by atoms with Crippen LogP contribution in [0, 0.1) is 0 Å². The van der Waals surface area contributed by atoms with Gasteiger partial charge in [0.15, 0.2) is 5.58 Å². The molecule has 0 spiro atoms. The van der Waals surface area contributed by atoms with Gasteiger partial charge in [0.1, 0.15) is 17.2 Å². The van der Waals surface area contributed by atoms with Crippen LogP contribution in [-0.4, -0.2) is 47.9 Å². The Morgan fingerprint density at radius 1 is 0.955 bits per heavy atom. The molecular formula is C32H34N4O7S. The van der Waals surface area contributed by atoms with Crippen molar-refractivity contribution in [2.24, 2.45) is 0 Å². The first-order valence-corrected chi connectivity index (χ1v) is 15.6. The molecule has 0 aliphatic heterocycles. The van der Waals surface area contributed by atoms with Crippen molar-refractivity contribution in [2.45, 2.75) is 39.3 Å². The van der Waals surface area contributed by atoms with E-state index in [9.17, 15) is 18.0 Å². The van der Waals surface area contributed by atoms with Gasteiger partial charge in [-0.15, -0.1) is 0 Å². The van der Waals surface area contributed by atoms with Crippen molar-refractivity contribution >= 4 is 21.0 Å². The van der Waals surface area contributed by atoms with Gasteiger partial charge in [-0.1, -0.05) is 44.1 Å². The Morgan fingerprint density at radius 2 is 1.68 bits per heavy atom. The van der Waals surface area contributed by atoms with Crippen LogP contribution in [0.25, 0.3) is 27.8 Å². The lowest BCUT2D eigenvalue weighted by molar-refractivity contribution is 0.379. The van der Waals surface area contributed by atoms with E-state index in [1.807, 2.05) is 63.2 Å². The minimum Gasteiger partial charge on any atom is -0.497 e. The predicted octanol–water partition coefficient (Wildman–Crippen LogP) is 4.61. The minimum atomic E-state index is -3.59. The molecule has 5 rings (SSSR count). The van der Waals surface area contributed by atoms with Crippen LogP contribution in [0.15, 0.2) is 81.0 Å². The number of fused-ring (bicyclic) bond motifs is 1. The van der Waals surface area contributed by atoms with Crippen LogP contribution in [0.4, 0.5) is 0 Å². The quantitative estimate of drug-likeness (QED) is 0.253. The van der Waals surface area contributed by atoms with Gasteiger partial charge in [-0.05, 0) is 52.9 Å². The molecule has 2 heterocycles. The molecule has 11 nitrogen and oxygen atoms in total. The number of sulfonamides is 1. The number of hydrogen-bond acceptors (Lipinski definition) is 8. The molecule has 0 atom stereocenters. The Kier molecular flexibility index (Phi) is 8.23. The van der Waals surface area contributed by atoms with E-state index >= 15 is 0 Å². The molecule has 5 aromatic rings. The van der Waals surface area contributed by atoms with Crippen LogP contribution < -0.4 is 20.7 Å². The van der Waals surface area contributed by atoms with Crippen LogP contribution in [0.2, 0.25) is 0 Å². The highest BCUT2D eigenvalue weighted by Crippen LogP contribution is 2.42. The first kappa shape index (κ1) is 30.8. The average Bonchev–Trinajstić information content (AvgIpc) is 3.37. The van der Waals surface area contributed by atoms with Crippen molar-refractivity contribution in [1.29, 1.82) is 0 Å². The van der Waals surface area contributed by atoms with E-state index in [0.29, 0.717) is 39.4 Å². The normalized spacial score (nSPS) is 12.2. The van der Waals surface area contributed by atoms with Crippen molar-refractivity contribution in [3.63, 3.8) is 0 Å². The molecule has 2 aromatic heterocycles. The Balaban J connectivity index is 1.56. The van der Waals surface area contributed by atoms with Gasteiger partial charge in [0.2, 0.25) is 10.0 Å². The summed E-state index contributed by atoms with van der Waals surface area (Å²) in [5.41, 5.74) is 3.17. The van der Waals surface area contributed by atoms with Gasteiger partial charge in [-0.3, -0.25) is 14.3 Å². The molecular weight excluding hydrogens is 584 g/mol. The molecule has 0 aliphatic carbocycles. The zero-order valence-corrected chi connectivity index (χ0v) is 26.2. The lowest BCUT2D eigenvalue weighted by atomic mass is 9.83. The van der Waals surface area contributed by atoms with E-state index in [1.165, 1.54) is 21.1 Å². The highest BCUT2D eigenvalue weighted by atomic mass is 32.2. The minimum absolute atomic E-state index is 0.0132. The summed E-state index contributed by atoms with van der Waals surface area (Å²) in [4.78, 5) is 26.7. The van der Waals surface area contributed by atoms with Gasteiger partial charge in [0, 0.05) is 35.3 Å². The summed E-state index contributed by atoms with van der Waals surface area (Å²) in [5.74, 6) is 1.31. The average molecular weight is 619 g/mol. The SMILES string of the molecule is COc1ccc(CN(Cc2noc3cc(-c4cc(-n5ccc(=O)[nH]c5=O)cc(C(C)(C)C)c4OC)ccc23)S(C)(=O)=O)cc1. The van der Waals surface area contributed by atoms with Gasteiger partial charge in [-0.25, -0.2) is 13.2 Å². The summed E-state index contributed by atoms with van der Waals surface area (Å²) in [7, 11) is -0.423. The predicted molar refractivity (Wildman–Crippen MR) is 168 cm³/mol. The van der Waals surface area contributed by atoms with Crippen LogP contribution in [0.1, 0.15) is 37.6 Å². The summed E-state index contributed by atoms with van der Waals surface area (Å²) < 4.78 is 45.0. The Morgan fingerprint density at radius 3 is 2.30 bits per heavy atom. The third kappa shape index (κ3) is 6.31. The summed E-state index contributed by atoms with van der Waals surface area (Å²) in [6.07, 6.45) is 2.60. The molecule has 0 unspecified atom stereocenters. The van der Waals surface area contributed by atoms with E-state index in [-0.39, 0.29) is 18.5 Å². The number of aromatic nitrogens is 3. The first-order valence-electron chi connectivity index (χ1n) is 13.8. The van der Waals surface area contributed by atoms with Crippen molar-refractivity contribution in [1.82, 2.24) is 19.0 Å². The van der Waals surface area contributed by atoms with Crippen molar-refractivity contribution < 1.29 is 22.4 Å². The molecule has 1 N–H and O–H groups in total. The number of nitrogens with zero attached hydrogens (tertiary/aromatic N) is 3. The molecule has 12 heteroatoms. The number of benzene rings is 3. The Bertz CT molecular complexity index is 2050. The number of ether oxygens (including phenoxy) is 2. The van der Waals surface area contributed by atoms with Gasteiger partial charge in [-0.2, -0.15) is 4.31 Å². The van der Waals surface area contributed by atoms with Crippen molar-refractivity contribution in [2.75, 3.05) is 20.5 Å².